The van der Waals surface area contributed by atoms with Gasteiger partial charge in [-0.05, 0) is 35.8 Å². The molecule has 0 saturated heterocycles. The van der Waals surface area contributed by atoms with Gasteiger partial charge in [0, 0.05) is 29.7 Å². The maximum Gasteiger partial charge on any atom is 0.229 e. The summed E-state index contributed by atoms with van der Waals surface area (Å²) in [5.74, 6) is 1.07. The van der Waals surface area contributed by atoms with E-state index in [1.807, 2.05) is 36.4 Å². The summed E-state index contributed by atoms with van der Waals surface area (Å²) in [6, 6.07) is 11.4. The molecule has 5 rings (SSSR count). The zero-order valence-corrected chi connectivity index (χ0v) is 17.5. The number of nitrogens with zero attached hydrogens (tertiary/aromatic N) is 2. The normalized spacial score (nSPS) is 19.8. The highest BCUT2D eigenvalue weighted by Crippen LogP contribution is 2.51. The third kappa shape index (κ3) is 2.89. The Bertz CT molecular complexity index is 1240. The number of Topliss-reactive ketones (excluding diaryl/α,β-unsaturated/α-hetero) is 1. The van der Waals surface area contributed by atoms with Crippen molar-refractivity contribution in [2.75, 3.05) is 5.73 Å². The number of benzene rings is 1. The molecule has 152 valence electrons. The first kappa shape index (κ1) is 18.8. The van der Waals surface area contributed by atoms with Gasteiger partial charge in [-0.15, -0.1) is 0 Å². The topological polar surface area (TPSA) is 83.3 Å². The Labute approximate surface area is 179 Å². The number of rotatable bonds is 2. The van der Waals surface area contributed by atoms with Crippen LogP contribution in [0.1, 0.15) is 43.7 Å². The van der Waals surface area contributed by atoms with Crippen LogP contribution in [0, 0.1) is 10.2 Å². The van der Waals surface area contributed by atoms with Crippen molar-refractivity contribution >= 4 is 23.8 Å². The zero-order valence-electron chi connectivity index (χ0n) is 16.7. The van der Waals surface area contributed by atoms with E-state index in [1.54, 1.807) is 17.1 Å². The Morgan fingerprint density at radius 2 is 1.97 bits per heavy atom. The number of nitrogens with two attached hydrogens (primary N) is 1. The summed E-state index contributed by atoms with van der Waals surface area (Å²) >= 11 is 5.55. The van der Waals surface area contributed by atoms with Gasteiger partial charge < -0.3 is 14.9 Å². The first-order valence-electron chi connectivity index (χ1n) is 9.80. The number of para-hydroxylation sites is 1. The number of ether oxygens (including phenoxy) is 1. The summed E-state index contributed by atoms with van der Waals surface area (Å²) in [5.41, 5.74) is 9.39. The maximum absolute atomic E-state index is 13.2. The van der Waals surface area contributed by atoms with Crippen molar-refractivity contribution in [2.45, 2.75) is 32.6 Å². The van der Waals surface area contributed by atoms with E-state index in [0.717, 1.165) is 11.3 Å². The van der Waals surface area contributed by atoms with Crippen LogP contribution in [0.2, 0.25) is 0 Å². The van der Waals surface area contributed by atoms with Gasteiger partial charge in [-0.25, -0.2) is 0 Å². The third-order valence-electron chi connectivity index (χ3n) is 5.70. The molecule has 1 aliphatic heterocycles. The van der Waals surface area contributed by atoms with Crippen molar-refractivity contribution < 1.29 is 13.9 Å². The molecule has 0 fully saturated rings. The number of aromatic nitrogens is 2. The lowest BCUT2D eigenvalue weighted by molar-refractivity contribution is -0.118. The number of hydrogen-bond donors (Lipinski definition) is 1. The highest BCUT2D eigenvalue weighted by atomic mass is 32.1. The van der Waals surface area contributed by atoms with Crippen LogP contribution in [0.3, 0.4) is 0 Å². The summed E-state index contributed by atoms with van der Waals surface area (Å²) in [6.07, 6.45) is 4.33. The largest absolute Gasteiger partial charge is 0.472 e. The molecule has 1 aliphatic carbocycles. The van der Waals surface area contributed by atoms with E-state index in [0.29, 0.717) is 46.2 Å². The second kappa shape index (κ2) is 6.67. The zero-order chi connectivity index (χ0) is 21.0. The number of anilines is 1. The number of carbonyl (C=O) groups is 1. The van der Waals surface area contributed by atoms with Crippen LogP contribution in [0.25, 0.3) is 5.69 Å². The van der Waals surface area contributed by atoms with Gasteiger partial charge in [0.1, 0.15) is 11.6 Å². The van der Waals surface area contributed by atoms with Gasteiger partial charge >= 0.3 is 0 Å². The molecule has 3 aromatic rings. The van der Waals surface area contributed by atoms with Gasteiger partial charge in [-0.3, -0.25) is 9.36 Å². The van der Waals surface area contributed by atoms with Crippen molar-refractivity contribution in [3.8, 4) is 11.6 Å². The minimum atomic E-state index is -0.413. The van der Waals surface area contributed by atoms with Gasteiger partial charge in [-0.1, -0.05) is 32.0 Å². The van der Waals surface area contributed by atoms with Crippen molar-refractivity contribution in [1.82, 2.24) is 9.55 Å². The van der Waals surface area contributed by atoms with Crippen molar-refractivity contribution in [1.29, 1.82) is 0 Å². The van der Waals surface area contributed by atoms with Gasteiger partial charge in [-0.2, -0.15) is 4.98 Å². The van der Waals surface area contributed by atoms with Crippen LogP contribution in [-0.4, -0.2) is 15.3 Å². The van der Waals surface area contributed by atoms with Crippen molar-refractivity contribution in [3.63, 3.8) is 0 Å². The first-order chi connectivity index (χ1) is 14.4. The second-order valence-electron chi connectivity index (χ2n) is 8.54. The number of furan rings is 1. The monoisotopic (exact) mass is 419 g/mol. The molecule has 0 saturated carbocycles. The highest BCUT2D eigenvalue weighted by Gasteiger charge is 2.44. The van der Waals surface area contributed by atoms with E-state index in [-0.39, 0.29) is 11.2 Å². The molecular formula is C23H21N3O3S. The minimum Gasteiger partial charge on any atom is -0.472 e. The second-order valence-corrected chi connectivity index (χ2v) is 8.90. The number of fused-ring (bicyclic) bond motifs is 1. The van der Waals surface area contributed by atoms with E-state index in [2.05, 4.69) is 18.8 Å². The van der Waals surface area contributed by atoms with Crippen LogP contribution in [0.15, 0.2) is 64.7 Å². The van der Waals surface area contributed by atoms with E-state index >= 15 is 0 Å². The molecule has 1 atom stereocenters. The fourth-order valence-corrected chi connectivity index (χ4v) is 4.72. The first-order valence-corrected chi connectivity index (χ1v) is 10.2. The van der Waals surface area contributed by atoms with E-state index < -0.39 is 5.92 Å². The molecule has 7 heteroatoms. The quantitative estimate of drug-likeness (QED) is 0.592. The third-order valence-corrected chi connectivity index (χ3v) is 5.98. The molecule has 2 aromatic heterocycles. The lowest BCUT2D eigenvalue weighted by Gasteiger charge is -2.38. The smallest absolute Gasteiger partial charge is 0.229 e. The number of ketones is 1. The molecule has 3 heterocycles. The van der Waals surface area contributed by atoms with Crippen LogP contribution in [0.4, 0.5) is 5.82 Å². The maximum atomic E-state index is 13.2. The minimum absolute atomic E-state index is 0.0613. The predicted molar refractivity (Wildman–Crippen MR) is 115 cm³/mol. The molecule has 30 heavy (non-hydrogen) atoms. The Balaban J connectivity index is 1.79. The van der Waals surface area contributed by atoms with Gasteiger partial charge in [0.2, 0.25) is 10.7 Å². The Morgan fingerprint density at radius 1 is 1.20 bits per heavy atom. The van der Waals surface area contributed by atoms with Crippen molar-refractivity contribution in [2.24, 2.45) is 5.41 Å². The summed E-state index contributed by atoms with van der Waals surface area (Å²) in [6.45, 7) is 4.13. The lowest BCUT2D eigenvalue weighted by Crippen LogP contribution is -2.34. The number of nitrogen functional groups attached to an aromatic ring is 1. The number of carbonyl (C=O) groups excluding carboxylic acids is 1. The fourth-order valence-electron chi connectivity index (χ4n) is 4.43. The molecule has 0 radical (unpaired) electrons. The number of allylic oxidation sites excluding steroid dienone is 2. The van der Waals surface area contributed by atoms with E-state index in [9.17, 15) is 4.79 Å². The molecule has 1 unspecified atom stereocenters. The van der Waals surface area contributed by atoms with E-state index in [4.69, 9.17) is 27.1 Å². The van der Waals surface area contributed by atoms with Crippen LogP contribution >= 0.6 is 12.2 Å². The van der Waals surface area contributed by atoms with Gasteiger partial charge in [0.05, 0.1) is 24.0 Å². The molecule has 0 spiro atoms. The average Bonchev–Trinajstić information content (AvgIpc) is 3.20. The molecule has 6 nitrogen and oxygen atoms in total. The predicted octanol–water partition coefficient (Wildman–Crippen LogP) is 4.94. The van der Waals surface area contributed by atoms with Crippen LogP contribution in [-0.2, 0) is 4.79 Å². The van der Waals surface area contributed by atoms with E-state index in [1.165, 1.54) is 0 Å². The fraction of sp³-hybridized carbons (Fsp3) is 0.261. The SMILES string of the molecule is CC1(C)CC(=O)C2=C(C1)Oc1nc(=S)n(-c3ccccc3)c(N)c1C2c1ccoc1. The molecular weight excluding hydrogens is 398 g/mol. The van der Waals surface area contributed by atoms with Gasteiger partial charge in [0.25, 0.3) is 0 Å². The summed E-state index contributed by atoms with van der Waals surface area (Å²) in [5, 5.41) is 0. The van der Waals surface area contributed by atoms with Crippen molar-refractivity contribution in [3.05, 3.63) is 76.2 Å². The Hall–Kier alpha value is -3.19. The van der Waals surface area contributed by atoms with Crippen LogP contribution < -0.4 is 10.5 Å². The molecule has 0 bridgehead atoms. The Kier molecular flexibility index (Phi) is 4.18. The number of hydrogen-bond acceptors (Lipinski definition) is 6. The lowest BCUT2D eigenvalue weighted by atomic mass is 9.70. The Morgan fingerprint density at radius 3 is 2.67 bits per heavy atom. The highest BCUT2D eigenvalue weighted by molar-refractivity contribution is 7.71. The summed E-state index contributed by atoms with van der Waals surface area (Å²) in [7, 11) is 0. The summed E-state index contributed by atoms with van der Waals surface area (Å²) in [4.78, 5) is 17.8. The standard InChI is InChI=1S/C23H21N3O3S/c1-23(2)10-15(27)18-16(11-23)29-21-19(17(18)13-8-9-28-12-13)20(24)26(22(30)25-21)14-6-4-3-5-7-14/h3-9,12,17H,10-11,24H2,1-2H3. The van der Waals surface area contributed by atoms with Gasteiger partial charge in [0.15, 0.2) is 5.78 Å². The molecule has 0 amide bonds. The molecule has 1 aromatic carbocycles. The van der Waals surface area contributed by atoms with Crippen LogP contribution in [0.5, 0.6) is 5.88 Å². The summed E-state index contributed by atoms with van der Waals surface area (Å²) < 4.78 is 13.5. The average molecular weight is 420 g/mol. The molecule has 2 aliphatic rings. The molecule has 2 N–H and O–H groups in total.